The normalized spacial score (nSPS) is 14.4. The Kier molecular flexibility index (Phi) is 8.91. The van der Waals surface area contributed by atoms with Gasteiger partial charge in [-0.2, -0.15) is 13.2 Å². The molecule has 6 nitrogen and oxygen atoms in total. The van der Waals surface area contributed by atoms with Crippen molar-refractivity contribution in [3.8, 4) is 5.75 Å². The number of para-hydroxylation sites is 1. The van der Waals surface area contributed by atoms with E-state index in [1.807, 2.05) is 4.90 Å². The summed E-state index contributed by atoms with van der Waals surface area (Å²) in [6.07, 6.45) is -4.37. The maximum atomic E-state index is 12.9. The molecular weight excluding hydrogens is 449 g/mol. The van der Waals surface area contributed by atoms with Crippen molar-refractivity contribution in [2.75, 3.05) is 44.2 Å². The molecule has 174 valence electrons. The highest BCUT2D eigenvalue weighted by Gasteiger charge is 2.31. The second-order valence-corrected chi connectivity index (χ2v) is 7.10. The molecule has 10 heteroatoms. The van der Waals surface area contributed by atoms with Crippen LogP contribution in [0.4, 0.5) is 18.9 Å². The van der Waals surface area contributed by atoms with Crippen molar-refractivity contribution in [2.24, 2.45) is 0 Å². The molecule has 2 aromatic carbocycles. The lowest BCUT2D eigenvalue weighted by atomic mass is 10.1. The Labute approximate surface area is 190 Å². The molecule has 0 saturated carbocycles. The largest absolute Gasteiger partial charge is 0.461 e. The fourth-order valence-electron chi connectivity index (χ4n) is 3.33. The van der Waals surface area contributed by atoms with Crippen molar-refractivity contribution in [3.63, 3.8) is 0 Å². The second kappa shape index (κ2) is 11.2. The van der Waals surface area contributed by atoms with E-state index >= 15 is 0 Å². The van der Waals surface area contributed by atoms with Gasteiger partial charge in [0.05, 0.1) is 5.56 Å². The number of hydrogen-bond acceptors (Lipinski definition) is 6. The molecule has 32 heavy (non-hydrogen) atoms. The molecule has 1 aliphatic heterocycles. The van der Waals surface area contributed by atoms with Crippen LogP contribution in [0.15, 0.2) is 48.5 Å². The molecule has 0 bridgehead atoms. The van der Waals surface area contributed by atoms with Crippen LogP contribution >= 0.6 is 12.4 Å². The van der Waals surface area contributed by atoms with E-state index in [9.17, 15) is 22.8 Å². The quantitative estimate of drug-likeness (QED) is 0.467. The number of benzene rings is 2. The van der Waals surface area contributed by atoms with Crippen LogP contribution in [-0.2, 0) is 15.7 Å². The number of ether oxygens (including phenoxy) is 2. The third-order valence-corrected chi connectivity index (χ3v) is 4.91. The van der Waals surface area contributed by atoms with E-state index in [2.05, 4.69) is 4.90 Å². The first kappa shape index (κ1) is 25.5. The van der Waals surface area contributed by atoms with Crippen molar-refractivity contribution in [1.29, 1.82) is 0 Å². The highest BCUT2D eigenvalue weighted by molar-refractivity contribution is 5.93. The van der Waals surface area contributed by atoms with Crippen molar-refractivity contribution in [1.82, 2.24) is 4.90 Å². The Morgan fingerprint density at radius 2 is 1.69 bits per heavy atom. The van der Waals surface area contributed by atoms with Gasteiger partial charge in [0.15, 0.2) is 0 Å². The topological polar surface area (TPSA) is 59.1 Å². The maximum Gasteiger partial charge on any atom is 0.416 e. The van der Waals surface area contributed by atoms with Crippen molar-refractivity contribution in [3.05, 3.63) is 59.7 Å². The van der Waals surface area contributed by atoms with Crippen molar-refractivity contribution in [2.45, 2.75) is 13.1 Å². The van der Waals surface area contributed by atoms with E-state index in [1.54, 1.807) is 18.2 Å². The number of rotatable bonds is 6. The molecule has 2 aromatic rings. The van der Waals surface area contributed by atoms with Crippen LogP contribution in [0.2, 0.25) is 0 Å². The molecule has 1 saturated heterocycles. The van der Waals surface area contributed by atoms with Crippen LogP contribution in [0, 0.1) is 0 Å². The summed E-state index contributed by atoms with van der Waals surface area (Å²) in [5.74, 6) is -0.965. The van der Waals surface area contributed by atoms with Gasteiger partial charge < -0.3 is 14.4 Å². The average Bonchev–Trinajstić information content (AvgIpc) is 2.73. The molecule has 0 aliphatic carbocycles. The summed E-state index contributed by atoms with van der Waals surface area (Å²) in [5, 5.41) is 0. The molecule has 0 spiro atoms. The summed E-state index contributed by atoms with van der Waals surface area (Å²) in [6, 6.07) is 11.7. The molecule has 0 atom stereocenters. The van der Waals surface area contributed by atoms with E-state index in [0.29, 0.717) is 38.4 Å². The maximum absolute atomic E-state index is 12.9. The number of halogens is 4. The number of carbonyl (C=O) groups is 2. The number of carbonyl (C=O) groups excluding carboxylic acids is 2. The van der Waals surface area contributed by atoms with Crippen LogP contribution in [0.1, 0.15) is 22.8 Å². The molecular formula is C22H24ClF3N2O4. The van der Waals surface area contributed by atoms with E-state index in [0.717, 1.165) is 12.1 Å². The van der Waals surface area contributed by atoms with Crippen LogP contribution in [0.5, 0.6) is 5.75 Å². The smallest absolute Gasteiger partial charge is 0.416 e. The molecule has 0 N–H and O–H groups in total. The Hall–Kier alpha value is -2.78. The minimum absolute atomic E-state index is 0. The Morgan fingerprint density at radius 1 is 1.00 bits per heavy atom. The third kappa shape index (κ3) is 6.86. The SMILES string of the molecule is CC(=O)Oc1ccccc1C(=O)OCCN1CCN(c2cccc(C(F)(F)F)c2)CC1.Cl. The summed E-state index contributed by atoms with van der Waals surface area (Å²) in [4.78, 5) is 27.5. The first-order valence-electron chi connectivity index (χ1n) is 9.83. The molecule has 0 unspecified atom stereocenters. The molecule has 0 aromatic heterocycles. The number of hydrogen-bond donors (Lipinski definition) is 0. The summed E-state index contributed by atoms with van der Waals surface area (Å²) in [7, 11) is 0. The lowest BCUT2D eigenvalue weighted by Gasteiger charge is -2.36. The number of alkyl halides is 3. The molecule has 1 aliphatic rings. The van der Waals surface area contributed by atoms with Gasteiger partial charge in [0.2, 0.25) is 0 Å². The molecule has 0 amide bonds. The Balaban J connectivity index is 0.00000363. The van der Waals surface area contributed by atoms with Crippen LogP contribution in [0.3, 0.4) is 0 Å². The Morgan fingerprint density at radius 3 is 2.34 bits per heavy atom. The van der Waals surface area contributed by atoms with Gasteiger partial charge in [-0.15, -0.1) is 12.4 Å². The first-order valence-corrected chi connectivity index (χ1v) is 9.83. The van der Waals surface area contributed by atoms with Crippen molar-refractivity contribution >= 4 is 30.0 Å². The minimum Gasteiger partial charge on any atom is -0.461 e. The summed E-state index contributed by atoms with van der Waals surface area (Å²) < 4.78 is 49.1. The number of piperazine rings is 1. The van der Waals surface area contributed by atoms with Crippen LogP contribution < -0.4 is 9.64 Å². The number of esters is 2. The second-order valence-electron chi connectivity index (χ2n) is 7.10. The molecule has 1 fully saturated rings. The average molecular weight is 473 g/mol. The fourth-order valence-corrected chi connectivity index (χ4v) is 3.33. The predicted octanol–water partition coefficient (Wildman–Crippen LogP) is 4.03. The van der Waals surface area contributed by atoms with Crippen LogP contribution in [-0.4, -0.2) is 56.2 Å². The molecule has 1 heterocycles. The fraction of sp³-hybridized carbons (Fsp3) is 0.364. The zero-order valence-electron chi connectivity index (χ0n) is 17.4. The summed E-state index contributed by atoms with van der Waals surface area (Å²) in [6.45, 7) is 4.32. The zero-order valence-corrected chi connectivity index (χ0v) is 18.2. The van der Waals surface area contributed by atoms with E-state index in [-0.39, 0.29) is 30.3 Å². The first-order chi connectivity index (χ1) is 14.7. The monoisotopic (exact) mass is 472 g/mol. The standard InChI is InChI=1S/C22H23F3N2O4.ClH/c1-16(28)31-20-8-3-2-7-19(20)21(29)30-14-13-26-9-11-27(12-10-26)18-6-4-5-17(15-18)22(23,24)25;/h2-8,15H,9-14H2,1H3;1H. The highest BCUT2D eigenvalue weighted by atomic mass is 35.5. The Bertz CT molecular complexity index is 931. The summed E-state index contributed by atoms with van der Waals surface area (Å²) >= 11 is 0. The van der Waals surface area contributed by atoms with Gasteiger partial charge in [0.1, 0.15) is 17.9 Å². The van der Waals surface area contributed by atoms with Gasteiger partial charge >= 0.3 is 18.1 Å². The van der Waals surface area contributed by atoms with E-state index < -0.39 is 23.7 Å². The van der Waals surface area contributed by atoms with Crippen molar-refractivity contribution < 1.29 is 32.2 Å². The van der Waals surface area contributed by atoms with Gasteiger partial charge in [0.25, 0.3) is 0 Å². The number of anilines is 1. The van der Waals surface area contributed by atoms with E-state index in [4.69, 9.17) is 9.47 Å². The van der Waals surface area contributed by atoms with Gasteiger partial charge in [0, 0.05) is 45.3 Å². The summed E-state index contributed by atoms with van der Waals surface area (Å²) in [5.41, 5.74) is 0.0587. The van der Waals surface area contributed by atoms with Crippen LogP contribution in [0.25, 0.3) is 0 Å². The van der Waals surface area contributed by atoms with E-state index in [1.165, 1.54) is 25.1 Å². The number of nitrogens with zero attached hydrogens (tertiary/aromatic N) is 2. The highest BCUT2D eigenvalue weighted by Crippen LogP contribution is 2.31. The zero-order chi connectivity index (χ0) is 22.4. The lowest BCUT2D eigenvalue weighted by Crippen LogP contribution is -2.47. The molecule has 0 radical (unpaired) electrons. The lowest BCUT2D eigenvalue weighted by molar-refractivity contribution is -0.137. The predicted molar refractivity (Wildman–Crippen MR) is 115 cm³/mol. The van der Waals surface area contributed by atoms with Gasteiger partial charge in [-0.3, -0.25) is 9.69 Å². The third-order valence-electron chi connectivity index (χ3n) is 4.91. The minimum atomic E-state index is -4.37. The van der Waals surface area contributed by atoms with Gasteiger partial charge in [-0.25, -0.2) is 4.79 Å². The molecule has 3 rings (SSSR count). The van der Waals surface area contributed by atoms with Gasteiger partial charge in [-0.1, -0.05) is 18.2 Å². The van der Waals surface area contributed by atoms with Gasteiger partial charge in [-0.05, 0) is 30.3 Å².